The van der Waals surface area contributed by atoms with Gasteiger partial charge in [-0.3, -0.25) is 4.79 Å². The summed E-state index contributed by atoms with van der Waals surface area (Å²) in [5, 5.41) is 21.5. The summed E-state index contributed by atoms with van der Waals surface area (Å²) in [6.45, 7) is 3.85. The molecule has 210 valence electrons. The van der Waals surface area contributed by atoms with Crippen LogP contribution in [0.25, 0.3) is 0 Å². The van der Waals surface area contributed by atoms with Crippen LogP contribution in [0, 0.1) is 36.5 Å². The second-order valence-corrected chi connectivity index (χ2v) is 9.80. The van der Waals surface area contributed by atoms with E-state index in [0.29, 0.717) is 51.4 Å². The molecule has 0 unspecified atom stereocenters. The maximum Gasteiger partial charge on any atom is 0.416 e. The number of aryl methyl sites for hydroxylation is 2. The third-order valence-electron chi connectivity index (χ3n) is 6.80. The third-order valence-corrected chi connectivity index (χ3v) is 6.80. The van der Waals surface area contributed by atoms with Gasteiger partial charge in [0.2, 0.25) is 11.8 Å². The van der Waals surface area contributed by atoms with E-state index in [1.807, 2.05) is 0 Å². The monoisotopic (exact) mass is 568 g/mol. The molecule has 4 aromatic rings. The largest absolute Gasteiger partial charge is 0.438 e. The van der Waals surface area contributed by atoms with Crippen LogP contribution in [-0.2, 0) is 19.1 Å². The Hall–Kier alpha value is -5.42. The molecule has 0 saturated heterocycles. The molecule has 3 aromatic carbocycles. The molecule has 0 spiro atoms. The number of carbonyl (C=O) groups is 1. The lowest BCUT2D eigenvalue weighted by Crippen LogP contribution is -2.37. The summed E-state index contributed by atoms with van der Waals surface area (Å²) in [4.78, 5) is 24.0. The molecule has 2 heterocycles. The van der Waals surface area contributed by atoms with Gasteiger partial charge in [-0.1, -0.05) is 6.07 Å². The van der Waals surface area contributed by atoms with Crippen LogP contribution >= 0.6 is 0 Å². The van der Waals surface area contributed by atoms with Crippen molar-refractivity contribution in [3.8, 4) is 23.8 Å². The summed E-state index contributed by atoms with van der Waals surface area (Å²) >= 11 is 0. The second kappa shape index (κ2) is 11.2. The van der Waals surface area contributed by atoms with Gasteiger partial charge in [0.15, 0.2) is 0 Å². The first kappa shape index (κ1) is 28.1. The van der Waals surface area contributed by atoms with Gasteiger partial charge in [-0.25, -0.2) is 4.98 Å². The number of nitrogens with zero attached hydrogens (tertiary/aromatic N) is 5. The van der Waals surface area contributed by atoms with Crippen LogP contribution in [0.5, 0.6) is 11.6 Å². The predicted molar refractivity (Wildman–Crippen MR) is 147 cm³/mol. The van der Waals surface area contributed by atoms with E-state index in [1.54, 1.807) is 50.2 Å². The molecule has 1 aromatic heterocycles. The van der Waals surface area contributed by atoms with Gasteiger partial charge < -0.3 is 15.0 Å². The van der Waals surface area contributed by atoms with Crippen molar-refractivity contribution in [2.45, 2.75) is 33.0 Å². The molecule has 0 bridgehead atoms. The maximum atomic E-state index is 13.3. The van der Waals surface area contributed by atoms with Gasteiger partial charge in [-0.15, -0.1) is 0 Å². The number of alkyl halides is 3. The summed E-state index contributed by atoms with van der Waals surface area (Å²) in [7, 11) is 0. The average molecular weight is 569 g/mol. The minimum Gasteiger partial charge on any atom is -0.438 e. The molecule has 1 amide bonds. The number of hydrogen-bond donors (Lipinski definition) is 1. The number of rotatable bonds is 5. The maximum absolute atomic E-state index is 13.3. The fraction of sp³-hybridized carbons (Fsp3) is 0.194. The highest BCUT2D eigenvalue weighted by molar-refractivity contribution is 5.94. The third kappa shape index (κ3) is 5.86. The number of carbonyl (C=O) groups excluding carboxylic acids is 1. The molecule has 0 aliphatic carbocycles. The first-order valence-corrected chi connectivity index (χ1v) is 12.9. The van der Waals surface area contributed by atoms with Crippen molar-refractivity contribution in [3.05, 3.63) is 105 Å². The van der Waals surface area contributed by atoms with Gasteiger partial charge >= 0.3 is 6.18 Å². The molecule has 0 fully saturated rings. The number of anilines is 2. The number of nitrogens with one attached hydrogen (secondary N) is 1. The van der Waals surface area contributed by atoms with E-state index in [0.717, 1.165) is 12.1 Å². The SMILES string of the molecule is Cc1cc(C#N)cc(C)c1Oc1nc(Nc2ccc(C#N)cc2)nc2c1CN(C(=O)c1cccc(C(F)(F)F)c1)CC2. The molecular formula is C31H23F3N6O2. The molecule has 42 heavy (non-hydrogen) atoms. The molecule has 1 aliphatic rings. The normalized spacial score (nSPS) is 12.6. The van der Waals surface area contributed by atoms with E-state index in [1.165, 1.54) is 17.0 Å². The zero-order chi connectivity index (χ0) is 30.0. The van der Waals surface area contributed by atoms with Gasteiger partial charge in [0.05, 0.1) is 46.6 Å². The number of aromatic nitrogens is 2. The van der Waals surface area contributed by atoms with E-state index in [4.69, 9.17) is 10.00 Å². The standard InChI is InChI=1S/C31H23F3N6O2/c1-18-12-21(16-36)13-19(2)27(18)42-28-25-17-40(29(41)22-4-3-5-23(14-22)31(32,33)34)11-10-26(25)38-30(39-28)37-24-8-6-20(15-35)7-9-24/h3-9,12-14H,10-11,17H2,1-2H3,(H,37,38,39). The first-order valence-electron chi connectivity index (χ1n) is 12.9. The minimum absolute atomic E-state index is 0.0191. The van der Waals surface area contributed by atoms with E-state index in [9.17, 15) is 23.2 Å². The number of amides is 1. The number of nitriles is 2. The zero-order valence-electron chi connectivity index (χ0n) is 22.6. The van der Waals surface area contributed by atoms with E-state index in [-0.39, 0.29) is 30.5 Å². The molecule has 0 saturated carbocycles. The highest BCUT2D eigenvalue weighted by Gasteiger charge is 2.32. The van der Waals surface area contributed by atoms with Crippen molar-refractivity contribution in [3.63, 3.8) is 0 Å². The molecule has 5 rings (SSSR count). The average Bonchev–Trinajstić information content (AvgIpc) is 2.98. The van der Waals surface area contributed by atoms with Crippen molar-refractivity contribution >= 4 is 17.5 Å². The molecule has 11 heteroatoms. The topological polar surface area (TPSA) is 115 Å². The minimum atomic E-state index is -4.57. The quantitative estimate of drug-likeness (QED) is 0.289. The van der Waals surface area contributed by atoms with Gasteiger partial charge in [0, 0.05) is 24.2 Å². The first-order chi connectivity index (χ1) is 20.0. The van der Waals surface area contributed by atoms with Gasteiger partial charge in [0.1, 0.15) is 5.75 Å². The summed E-state index contributed by atoms with van der Waals surface area (Å²) in [6, 6.07) is 18.6. The van der Waals surface area contributed by atoms with Crippen LogP contribution in [-0.4, -0.2) is 27.3 Å². The highest BCUT2D eigenvalue weighted by atomic mass is 19.4. The number of hydrogen-bond acceptors (Lipinski definition) is 7. The number of ether oxygens (including phenoxy) is 1. The van der Waals surface area contributed by atoms with E-state index < -0.39 is 17.6 Å². The Kier molecular flexibility index (Phi) is 7.51. The Morgan fingerprint density at radius 2 is 1.67 bits per heavy atom. The lowest BCUT2D eigenvalue weighted by atomic mass is 10.0. The van der Waals surface area contributed by atoms with Crippen LogP contribution < -0.4 is 10.1 Å². The van der Waals surface area contributed by atoms with Crippen LogP contribution in [0.2, 0.25) is 0 Å². The van der Waals surface area contributed by atoms with Gasteiger partial charge in [-0.05, 0) is 79.6 Å². The van der Waals surface area contributed by atoms with Crippen molar-refractivity contribution in [2.24, 2.45) is 0 Å². The van der Waals surface area contributed by atoms with Crippen LogP contribution in [0.1, 0.15) is 49.4 Å². The number of fused-ring (bicyclic) bond motifs is 1. The fourth-order valence-corrected chi connectivity index (χ4v) is 4.74. The number of benzene rings is 3. The summed E-state index contributed by atoms with van der Waals surface area (Å²) in [5.41, 5.74) is 3.18. The Balaban J connectivity index is 1.52. The zero-order valence-corrected chi connectivity index (χ0v) is 22.6. The van der Waals surface area contributed by atoms with Crippen LogP contribution in [0.15, 0.2) is 60.7 Å². The lowest BCUT2D eigenvalue weighted by molar-refractivity contribution is -0.137. The molecule has 0 radical (unpaired) electrons. The van der Waals surface area contributed by atoms with Crippen molar-refractivity contribution < 1.29 is 22.7 Å². The van der Waals surface area contributed by atoms with Crippen molar-refractivity contribution in [1.82, 2.24) is 14.9 Å². The Bertz CT molecular complexity index is 1750. The summed E-state index contributed by atoms with van der Waals surface area (Å²) in [5.74, 6) is 0.340. The van der Waals surface area contributed by atoms with Crippen LogP contribution in [0.4, 0.5) is 24.8 Å². The molecule has 1 aliphatic heterocycles. The fourth-order valence-electron chi connectivity index (χ4n) is 4.74. The Labute approximate surface area is 239 Å². The van der Waals surface area contributed by atoms with Crippen molar-refractivity contribution in [1.29, 1.82) is 10.5 Å². The molecule has 8 nitrogen and oxygen atoms in total. The van der Waals surface area contributed by atoms with Gasteiger partial charge in [-0.2, -0.15) is 28.7 Å². The predicted octanol–water partition coefficient (Wildman–Crippen LogP) is 6.59. The molecule has 1 N–H and O–H groups in total. The number of halogens is 3. The molecule has 0 atom stereocenters. The lowest BCUT2D eigenvalue weighted by Gasteiger charge is -2.30. The Morgan fingerprint density at radius 1 is 0.976 bits per heavy atom. The Morgan fingerprint density at radius 3 is 2.31 bits per heavy atom. The smallest absolute Gasteiger partial charge is 0.416 e. The van der Waals surface area contributed by atoms with Crippen molar-refractivity contribution in [2.75, 3.05) is 11.9 Å². The second-order valence-electron chi connectivity index (χ2n) is 9.80. The molecular weight excluding hydrogens is 545 g/mol. The van der Waals surface area contributed by atoms with E-state index >= 15 is 0 Å². The van der Waals surface area contributed by atoms with Crippen LogP contribution in [0.3, 0.4) is 0 Å². The highest BCUT2D eigenvalue weighted by Crippen LogP contribution is 2.36. The summed E-state index contributed by atoms with van der Waals surface area (Å²) < 4.78 is 46.2. The summed E-state index contributed by atoms with van der Waals surface area (Å²) in [6.07, 6.45) is -4.26. The van der Waals surface area contributed by atoms with E-state index in [2.05, 4.69) is 27.4 Å². The van der Waals surface area contributed by atoms with Gasteiger partial charge in [0.25, 0.3) is 5.91 Å².